The van der Waals surface area contributed by atoms with Crippen molar-refractivity contribution < 1.29 is 4.74 Å². The number of hydrogen-bond acceptors (Lipinski definition) is 1. The molecule has 2 atom stereocenters. The molecule has 1 saturated heterocycles. The molecule has 0 saturated carbocycles. The summed E-state index contributed by atoms with van der Waals surface area (Å²) < 4.78 is 5.51. The van der Waals surface area contributed by atoms with Crippen LogP contribution in [0.5, 0.6) is 0 Å². The van der Waals surface area contributed by atoms with Crippen molar-refractivity contribution in [3.05, 3.63) is 0 Å². The molecule has 0 aliphatic carbocycles. The van der Waals surface area contributed by atoms with Gasteiger partial charge in [-0.3, -0.25) is 0 Å². The zero-order chi connectivity index (χ0) is 6.69. The first-order valence-corrected chi connectivity index (χ1v) is 3.96. The summed E-state index contributed by atoms with van der Waals surface area (Å²) in [6.45, 7) is 5.50. The largest absolute Gasteiger partial charge is 0.378 e. The molecule has 1 rings (SSSR count). The molecule has 1 aliphatic rings. The Kier molecular flexibility index (Phi) is 2.52. The van der Waals surface area contributed by atoms with Crippen LogP contribution in [0.2, 0.25) is 0 Å². The highest BCUT2D eigenvalue weighted by Crippen LogP contribution is 2.21. The van der Waals surface area contributed by atoms with E-state index in [0.29, 0.717) is 6.10 Å². The topological polar surface area (TPSA) is 9.23 Å². The second kappa shape index (κ2) is 3.21. The molecule has 0 aromatic heterocycles. The zero-order valence-corrected chi connectivity index (χ0v) is 6.39. The summed E-state index contributed by atoms with van der Waals surface area (Å²) in [5.74, 6) is 0.771. The van der Waals surface area contributed by atoms with Crippen molar-refractivity contribution in [2.24, 2.45) is 5.92 Å². The van der Waals surface area contributed by atoms with Crippen molar-refractivity contribution in [3.8, 4) is 0 Å². The third-order valence-corrected chi connectivity index (χ3v) is 2.24. The van der Waals surface area contributed by atoms with Gasteiger partial charge in [-0.15, -0.1) is 0 Å². The van der Waals surface area contributed by atoms with Gasteiger partial charge in [0.2, 0.25) is 0 Å². The third kappa shape index (κ3) is 1.68. The summed E-state index contributed by atoms with van der Waals surface area (Å²) in [6, 6.07) is 0. The first kappa shape index (κ1) is 7.07. The molecule has 1 nitrogen and oxygen atoms in total. The number of hydrogen-bond donors (Lipinski definition) is 0. The first-order valence-electron chi connectivity index (χ1n) is 3.96. The van der Waals surface area contributed by atoms with Crippen LogP contribution in [0.4, 0.5) is 0 Å². The summed E-state index contributed by atoms with van der Waals surface area (Å²) in [7, 11) is 0. The molecule has 0 spiro atoms. The molecule has 0 aromatic carbocycles. The second-order valence-electron chi connectivity index (χ2n) is 2.94. The lowest BCUT2D eigenvalue weighted by Gasteiger charge is -2.15. The Morgan fingerprint density at radius 3 is 2.89 bits per heavy atom. The van der Waals surface area contributed by atoms with E-state index in [0.717, 1.165) is 12.5 Å². The molecule has 1 aliphatic heterocycles. The van der Waals surface area contributed by atoms with E-state index in [1.807, 2.05) is 0 Å². The van der Waals surface area contributed by atoms with Gasteiger partial charge in [0.15, 0.2) is 0 Å². The second-order valence-corrected chi connectivity index (χ2v) is 2.94. The monoisotopic (exact) mass is 128 g/mol. The highest BCUT2D eigenvalue weighted by molar-refractivity contribution is 4.69. The Morgan fingerprint density at radius 2 is 2.44 bits per heavy atom. The van der Waals surface area contributed by atoms with Gasteiger partial charge in [0, 0.05) is 6.61 Å². The van der Waals surface area contributed by atoms with E-state index in [4.69, 9.17) is 4.74 Å². The van der Waals surface area contributed by atoms with Gasteiger partial charge in [-0.1, -0.05) is 20.3 Å². The van der Waals surface area contributed by atoms with Crippen molar-refractivity contribution in [1.82, 2.24) is 0 Å². The van der Waals surface area contributed by atoms with Gasteiger partial charge in [0.1, 0.15) is 0 Å². The van der Waals surface area contributed by atoms with E-state index < -0.39 is 0 Å². The van der Waals surface area contributed by atoms with Crippen molar-refractivity contribution in [1.29, 1.82) is 0 Å². The predicted octanol–water partition coefficient (Wildman–Crippen LogP) is 2.21. The van der Waals surface area contributed by atoms with Gasteiger partial charge in [-0.05, 0) is 18.8 Å². The van der Waals surface area contributed by atoms with Crippen LogP contribution in [0.25, 0.3) is 0 Å². The molecule has 0 bridgehead atoms. The molecular weight excluding hydrogens is 112 g/mol. The van der Waals surface area contributed by atoms with Crippen LogP contribution >= 0.6 is 0 Å². The lowest BCUT2D eigenvalue weighted by Crippen LogP contribution is -2.15. The smallest absolute Gasteiger partial charge is 0.0601 e. The maximum Gasteiger partial charge on any atom is 0.0601 e. The average Bonchev–Trinajstić information content (AvgIpc) is 2.37. The minimum Gasteiger partial charge on any atom is -0.378 e. The average molecular weight is 128 g/mol. The van der Waals surface area contributed by atoms with Crippen molar-refractivity contribution >= 4 is 0 Å². The van der Waals surface area contributed by atoms with Crippen LogP contribution in [-0.4, -0.2) is 12.7 Å². The van der Waals surface area contributed by atoms with Crippen LogP contribution < -0.4 is 0 Å². The highest BCUT2D eigenvalue weighted by atomic mass is 16.5. The quantitative estimate of drug-likeness (QED) is 0.554. The first-order chi connectivity index (χ1) is 4.34. The van der Waals surface area contributed by atoms with Crippen LogP contribution in [0.3, 0.4) is 0 Å². The molecule has 1 fully saturated rings. The van der Waals surface area contributed by atoms with Gasteiger partial charge in [-0.25, -0.2) is 0 Å². The minimum atomic E-state index is 0.579. The maximum absolute atomic E-state index is 5.51. The van der Waals surface area contributed by atoms with E-state index in [-0.39, 0.29) is 0 Å². The Balaban J connectivity index is 2.24. The Hall–Kier alpha value is -0.0400. The summed E-state index contributed by atoms with van der Waals surface area (Å²) >= 11 is 0. The normalized spacial score (nSPS) is 30.7. The van der Waals surface area contributed by atoms with Gasteiger partial charge in [0.05, 0.1) is 6.10 Å². The van der Waals surface area contributed by atoms with Crippen molar-refractivity contribution in [3.63, 3.8) is 0 Å². The lowest BCUT2D eigenvalue weighted by molar-refractivity contribution is 0.0681. The minimum absolute atomic E-state index is 0.579. The van der Waals surface area contributed by atoms with E-state index in [1.165, 1.54) is 19.3 Å². The van der Waals surface area contributed by atoms with Crippen molar-refractivity contribution in [2.75, 3.05) is 6.61 Å². The van der Waals surface area contributed by atoms with Gasteiger partial charge < -0.3 is 4.74 Å². The summed E-state index contributed by atoms with van der Waals surface area (Å²) in [5, 5.41) is 0. The van der Waals surface area contributed by atoms with E-state index in [1.54, 1.807) is 0 Å². The summed E-state index contributed by atoms with van der Waals surface area (Å²) in [4.78, 5) is 0. The van der Waals surface area contributed by atoms with E-state index in [2.05, 4.69) is 13.8 Å². The summed E-state index contributed by atoms with van der Waals surface area (Å²) in [5.41, 5.74) is 0. The Morgan fingerprint density at radius 1 is 1.67 bits per heavy atom. The molecule has 1 heteroatoms. The van der Waals surface area contributed by atoms with Crippen LogP contribution in [0, 0.1) is 5.92 Å². The van der Waals surface area contributed by atoms with E-state index >= 15 is 0 Å². The molecule has 1 unspecified atom stereocenters. The SMILES string of the molecule is CC[C@@H](C)C1CCCO1. The van der Waals surface area contributed by atoms with Gasteiger partial charge >= 0.3 is 0 Å². The van der Waals surface area contributed by atoms with Crippen LogP contribution in [-0.2, 0) is 4.74 Å². The maximum atomic E-state index is 5.51. The predicted molar refractivity (Wildman–Crippen MR) is 38.4 cm³/mol. The van der Waals surface area contributed by atoms with Gasteiger partial charge in [-0.2, -0.15) is 0 Å². The standard InChI is InChI=1S/C8H16O/c1-3-7(2)8-5-4-6-9-8/h7-8H,3-6H2,1-2H3/t7-,8?/m1/s1. The fourth-order valence-corrected chi connectivity index (χ4v) is 1.31. The third-order valence-electron chi connectivity index (χ3n) is 2.24. The van der Waals surface area contributed by atoms with Crippen LogP contribution in [0.15, 0.2) is 0 Å². The molecule has 0 N–H and O–H groups in total. The number of ether oxygens (including phenoxy) is 1. The fourth-order valence-electron chi connectivity index (χ4n) is 1.31. The molecule has 9 heavy (non-hydrogen) atoms. The van der Waals surface area contributed by atoms with Gasteiger partial charge in [0.25, 0.3) is 0 Å². The zero-order valence-electron chi connectivity index (χ0n) is 6.39. The fraction of sp³-hybridized carbons (Fsp3) is 1.00. The Bertz CT molecular complexity index is 74.6. The van der Waals surface area contributed by atoms with Crippen molar-refractivity contribution in [2.45, 2.75) is 39.2 Å². The Labute approximate surface area is 57.4 Å². The molecule has 0 aromatic rings. The molecule has 1 heterocycles. The van der Waals surface area contributed by atoms with Crippen LogP contribution in [0.1, 0.15) is 33.1 Å². The lowest BCUT2D eigenvalue weighted by atomic mass is 10.00. The molecular formula is C8H16O. The number of rotatable bonds is 2. The molecule has 54 valence electrons. The van der Waals surface area contributed by atoms with E-state index in [9.17, 15) is 0 Å². The molecule has 0 radical (unpaired) electrons. The molecule has 0 amide bonds. The summed E-state index contributed by atoms with van der Waals surface area (Å²) in [6.07, 6.45) is 4.39. The highest BCUT2D eigenvalue weighted by Gasteiger charge is 2.20.